The highest BCUT2D eigenvalue weighted by molar-refractivity contribution is 6.32. The van der Waals surface area contributed by atoms with Gasteiger partial charge in [0.1, 0.15) is 5.75 Å². The maximum atomic E-state index is 6.11. The SMILES string of the molecule is COc1cc(C)c(Cl)c(C)c1NCN. The Morgan fingerprint density at radius 3 is 2.64 bits per heavy atom. The highest BCUT2D eigenvalue weighted by Gasteiger charge is 2.11. The van der Waals surface area contributed by atoms with Gasteiger partial charge in [0.25, 0.3) is 0 Å². The predicted molar refractivity (Wildman–Crippen MR) is 60.2 cm³/mol. The molecular formula is C10H15ClN2O. The van der Waals surface area contributed by atoms with Crippen molar-refractivity contribution in [2.75, 3.05) is 19.1 Å². The molecular weight excluding hydrogens is 200 g/mol. The molecule has 1 rings (SSSR count). The lowest BCUT2D eigenvalue weighted by molar-refractivity contribution is 0.416. The van der Waals surface area contributed by atoms with Crippen LogP contribution in [0.15, 0.2) is 6.07 Å². The zero-order valence-electron chi connectivity index (χ0n) is 8.65. The van der Waals surface area contributed by atoms with Crippen molar-refractivity contribution in [3.05, 3.63) is 22.2 Å². The van der Waals surface area contributed by atoms with Gasteiger partial charge in [-0.25, -0.2) is 0 Å². The summed E-state index contributed by atoms with van der Waals surface area (Å²) < 4.78 is 5.24. The van der Waals surface area contributed by atoms with E-state index < -0.39 is 0 Å². The molecule has 1 aromatic rings. The minimum absolute atomic E-state index is 0.358. The molecule has 0 aliphatic carbocycles. The van der Waals surface area contributed by atoms with Gasteiger partial charge in [-0.1, -0.05) is 11.6 Å². The van der Waals surface area contributed by atoms with E-state index in [1.165, 1.54) is 0 Å². The number of halogens is 1. The Labute approximate surface area is 89.2 Å². The van der Waals surface area contributed by atoms with Crippen molar-refractivity contribution in [2.24, 2.45) is 5.73 Å². The zero-order chi connectivity index (χ0) is 10.7. The molecule has 0 aromatic heterocycles. The molecule has 0 bridgehead atoms. The summed E-state index contributed by atoms with van der Waals surface area (Å²) in [6, 6.07) is 1.90. The molecule has 4 heteroatoms. The maximum Gasteiger partial charge on any atom is 0.142 e. The standard InChI is InChI=1S/C10H15ClN2O/c1-6-4-8(14-3)10(13-5-12)7(2)9(6)11/h4,13H,5,12H2,1-3H3. The highest BCUT2D eigenvalue weighted by Crippen LogP contribution is 2.35. The van der Waals surface area contributed by atoms with Crippen LogP contribution in [0.25, 0.3) is 0 Å². The van der Waals surface area contributed by atoms with Gasteiger partial charge in [-0.2, -0.15) is 0 Å². The van der Waals surface area contributed by atoms with E-state index in [9.17, 15) is 0 Å². The largest absolute Gasteiger partial charge is 0.495 e. The molecule has 0 saturated carbocycles. The molecule has 3 nitrogen and oxygen atoms in total. The summed E-state index contributed by atoms with van der Waals surface area (Å²) in [5.74, 6) is 0.773. The van der Waals surface area contributed by atoms with Gasteiger partial charge in [0.2, 0.25) is 0 Å². The van der Waals surface area contributed by atoms with Crippen molar-refractivity contribution in [2.45, 2.75) is 13.8 Å². The third-order valence-corrected chi connectivity index (χ3v) is 2.72. The number of anilines is 1. The van der Waals surface area contributed by atoms with Gasteiger partial charge in [0.15, 0.2) is 0 Å². The molecule has 78 valence electrons. The Bertz CT molecular complexity index is 339. The predicted octanol–water partition coefficient (Wildman–Crippen LogP) is 2.29. The lowest BCUT2D eigenvalue weighted by atomic mass is 10.1. The molecule has 0 aliphatic heterocycles. The molecule has 0 saturated heterocycles. The van der Waals surface area contributed by atoms with Crippen LogP contribution < -0.4 is 15.8 Å². The third kappa shape index (κ3) is 1.94. The van der Waals surface area contributed by atoms with Crippen molar-refractivity contribution in [3.63, 3.8) is 0 Å². The van der Waals surface area contributed by atoms with Gasteiger partial charge in [-0.15, -0.1) is 0 Å². The van der Waals surface area contributed by atoms with Crippen molar-refractivity contribution in [1.82, 2.24) is 0 Å². The molecule has 0 unspecified atom stereocenters. The fraction of sp³-hybridized carbons (Fsp3) is 0.400. The summed E-state index contributed by atoms with van der Waals surface area (Å²) in [5, 5.41) is 3.78. The lowest BCUT2D eigenvalue weighted by Crippen LogP contribution is -2.13. The number of hydrogen-bond donors (Lipinski definition) is 2. The highest BCUT2D eigenvalue weighted by atomic mass is 35.5. The first kappa shape index (κ1) is 11.1. The lowest BCUT2D eigenvalue weighted by Gasteiger charge is -2.15. The third-order valence-electron chi connectivity index (χ3n) is 2.14. The van der Waals surface area contributed by atoms with Gasteiger partial charge in [0, 0.05) is 5.02 Å². The topological polar surface area (TPSA) is 47.3 Å². The second kappa shape index (κ2) is 4.53. The first-order valence-electron chi connectivity index (χ1n) is 4.39. The first-order chi connectivity index (χ1) is 6.61. The second-order valence-corrected chi connectivity index (χ2v) is 3.47. The quantitative estimate of drug-likeness (QED) is 0.760. The number of methoxy groups -OCH3 is 1. The van der Waals surface area contributed by atoms with Crippen LogP contribution in [0.2, 0.25) is 5.02 Å². The van der Waals surface area contributed by atoms with E-state index in [2.05, 4.69) is 5.32 Å². The van der Waals surface area contributed by atoms with Crippen LogP contribution in [0.5, 0.6) is 5.75 Å². The molecule has 0 fully saturated rings. The van der Waals surface area contributed by atoms with Crippen LogP contribution in [0.4, 0.5) is 5.69 Å². The van der Waals surface area contributed by atoms with Crippen molar-refractivity contribution in [1.29, 1.82) is 0 Å². The van der Waals surface area contributed by atoms with Crippen LogP contribution >= 0.6 is 11.6 Å². The molecule has 0 aliphatic rings. The summed E-state index contributed by atoms with van der Waals surface area (Å²) in [7, 11) is 1.63. The fourth-order valence-electron chi connectivity index (χ4n) is 1.41. The molecule has 0 spiro atoms. The monoisotopic (exact) mass is 214 g/mol. The van der Waals surface area contributed by atoms with Gasteiger partial charge in [-0.3, -0.25) is 0 Å². The minimum atomic E-state index is 0.358. The number of hydrogen-bond acceptors (Lipinski definition) is 3. The van der Waals surface area contributed by atoms with Crippen LogP contribution in [0.3, 0.4) is 0 Å². The Morgan fingerprint density at radius 1 is 1.50 bits per heavy atom. The molecule has 1 aromatic carbocycles. The van der Waals surface area contributed by atoms with Gasteiger partial charge in [-0.05, 0) is 31.0 Å². The molecule has 0 atom stereocenters. The minimum Gasteiger partial charge on any atom is -0.495 e. The van der Waals surface area contributed by atoms with Crippen molar-refractivity contribution < 1.29 is 4.74 Å². The average molecular weight is 215 g/mol. The Morgan fingerprint density at radius 2 is 2.14 bits per heavy atom. The van der Waals surface area contributed by atoms with Crippen LogP contribution in [0.1, 0.15) is 11.1 Å². The van der Waals surface area contributed by atoms with E-state index in [1.54, 1.807) is 7.11 Å². The van der Waals surface area contributed by atoms with E-state index in [-0.39, 0.29) is 0 Å². The number of nitrogens with two attached hydrogens (primary N) is 1. The summed E-state index contributed by atoms with van der Waals surface area (Å²) in [6.45, 7) is 4.25. The molecule has 0 radical (unpaired) electrons. The van der Waals surface area contributed by atoms with Gasteiger partial charge >= 0.3 is 0 Å². The van der Waals surface area contributed by atoms with Crippen molar-refractivity contribution in [3.8, 4) is 5.75 Å². The van der Waals surface area contributed by atoms with E-state index in [0.717, 1.165) is 27.6 Å². The second-order valence-electron chi connectivity index (χ2n) is 3.09. The van der Waals surface area contributed by atoms with E-state index in [4.69, 9.17) is 22.1 Å². The Kier molecular flexibility index (Phi) is 3.61. The fourth-order valence-corrected chi connectivity index (χ4v) is 1.55. The number of benzene rings is 1. The summed E-state index contributed by atoms with van der Waals surface area (Å²) in [5.41, 5.74) is 8.27. The van der Waals surface area contributed by atoms with Crippen molar-refractivity contribution >= 4 is 17.3 Å². The number of nitrogens with one attached hydrogen (secondary N) is 1. The molecule has 0 heterocycles. The summed E-state index contributed by atoms with van der Waals surface area (Å²) >= 11 is 6.11. The number of ether oxygens (including phenoxy) is 1. The smallest absolute Gasteiger partial charge is 0.142 e. The van der Waals surface area contributed by atoms with Crippen LogP contribution in [0, 0.1) is 13.8 Å². The van der Waals surface area contributed by atoms with E-state index in [0.29, 0.717) is 6.67 Å². The molecule has 0 amide bonds. The Hall–Kier alpha value is -0.930. The van der Waals surface area contributed by atoms with Gasteiger partial charge in [0.05, 0.1) is 19.5 Å². The van der Waals surface area contributed by atoms with E-state index in [1.807, 2.05) is 19.9 Å². The number of aryl methyl sites for hydroxylation is 1. The van der Waals surface area contributed by atoms with E-state index >= 15 is 0 Å². The molecule has 14 heavy (non-hydrogen) atoms. The Balaban J connectivity index is 3.29. The summed E-state index contributed by atoms with van der Waals surface area (Å²) in [4.78, 5) is 0. The molecule has 3 N–H and O–H groups in total. The van der Waals surface area contributed by atoms with Crippen LogP contribution in [-0.4, -0.2) is 13.8 Å². The average Bonchev–Trinajstić information content (AvgIpc) is 2.19. The zero-order valence-corrected chi connectivity index (χ0v) is 9.40. The number of rotatable bonds is 3. The normalized spacial score (nSPS) is 10.1. The maximum absolute atomic E-state index is 6.11. The van der Waals surface area contributed by atoms with Crippen LogP contribution in [-0.2, 0) is 0 Å². The summed E-state index contributed by atoms with van der Waals surface area (Å²) in [6.07, 6.45) is 0. The van der Waals surface area contributed by atoms with Gasteiger partial charge < -0.3 is 15.8 Å². The first-order valence-corrected chi connectivity index (χ1v) is 4.77.